The lowest BCUT2D eigenvalue weighted by molar-refractivity contribution is 0.0924. The summed E-state index contributed by atoms with van der Waals surface area (Å²) in [6, 6.07) is 25.2. The van der Waals surface area contributed by atoms with Crippen molar-refractivity contribution in [1.29, 1.82) is 5.26 Å². The topological polar surface area (TPSA) is 310 Å². The number of thiazole rings is 2. The number of hydrogen-bond acceptors (Lipinski definition) is 18. The van der Waals surface area contributed by atoms with Gasteiger partial charge in [0.1, 0.15) is 6.07 Å². The zero-order valence-electron chi connectivity index (χ0n) is 50.1. The zero-order valence-corrected chi connectivity index (χ0v) is 55.0. The molecule has 4 aliphatic rings. The van der Waals surface area contributed by atoms with Crippen LogP contribution in [0.25, 0.3) is 33.0 Å². The van der Waals surface area contributed by atoms with Gasteiger partial charge in [0, 0.05) is 110 Å². The van der Waals surface area contributed by atoms with E-state index in [1.807, 2.05) is 19.9 Å². The van der Waals surface area contributed by atoms with E-state index in [1.54, 1.807) is 102 Å². The standard InChI is InChI=1S/C31H34N6O6S3.C31H32N6O5S3/c1-20-5-7-23(8-6-20)46(42,43)37-27(21-11-15-36(16-12-21)45(2,40)41)18-25-26(10-9-24(28(25)37)29(32)38)35-14-3-4-22(19-35)34-30(39)31-33-13-17-44-31;1-21-5-8-25(9-6-21)45(41,42)37-28(22-11-15-36(16-12-22)44(2,39)40)18-26-27(10-7-23(19-32)29(26)37)35-14-3-4-24(20-35)34-30(38)31-33-13-17-43-31/h5-11,13,17-18,22H,3-4,12,14-16,19H2,1-2H3,(H2,32,38)(H,34,39);5-11,13,17-18,24H,3-4,12,14-16,20H2,1-2H3,(H,34,38)/t22-;24-/m11/s1. The molecule has 0 saturated carbocycles. The van der Waals surface area contributed by atoms with E-state index in [2.05, 4.69) is 36.5 Å². The van der Waals surface area contributed by atoms with Gasteiger partial charge in [0.2, 0.25) is 20.0 Å². The Morgan fingerprint density at radius 2 is 1.02 bits per heavy atom. The second-order valence-corrected chi connectivity index (χ2v) is 32.2. The Balaban J connectivity index is 0.000000187. The number of sulfonamides is 2. The number of piperidine rings is 2. The first-order chi connectivity index (χ1) is 43.3. The van der Waals surface area contributed by atoms with E-state index in [4.69, 9.17) is 5.73 Å². The van der Waals surface area contributed by atoms with Crippen molar-refractivity contribution in [1.82, 2.24) is 37.2 Å². The summed E-state index contributed by atoms with van der Waals surface area (Å²) in [6.07, 6.45) is 12.6. The first kappa shape index (κ1) is 64.4. The van der Waals surface area contributed by atoms with E-state index in [0.717, 1.165) is 55.0 Å². The van der Waals surface area contributed by atoms with Crippen LogP contribution in [0.4, 0.5) is 11.4 Å². The van der Waals surface area contributed by atoms with Crippen molar-refractivity contribution in [3.05, 3.63) is 164 Å². The van der Waals surface area contributed by atoms with Crippen LogP contribution in [0.1, 0.15) is 96.6 Å². The number of amides is 3. The van der Waals surface area contributed by atoms with Crippen LogP contribution in [-0.2, 0) is 40.1 Å². The van der Waals surface area contributed by atoms with Gasteiger partial charge in [-0.1, -0.05) is 47.5 Å². The molecule has 8 heterocycles. The minimum absolute atomic E-state index is 0.0368. The van der Waals surface area contributed by atoms with Crippen molar-refractivity contribution in [3.63, 3.8) is 0 Å². The molecule has 4 aromatic heterocycles. The van der Waals surface area contributed by atoms with E-state index in [1.165, 1.54) is 51.4 Å². The predicted octanol–water partition coefficient (Wildman–Crippen LogP) is 7.15. The number of nitrogens with zero attached hydrogens (tertiary/aromatic N) is 9. The summed E-state index contributed by atoms with van der Waals surface area (Å²) in [6.45, 7) is 6.60. The summed E-state index contributed by atoms with van der Waals surface area (Å²) in [5.41, 5.74) is 11.8. The van der Waals surface area contributed by atoms with Crippen LogP contribution in [0, 0.1) is 25.2 Å². The summed E-state index contributed by atoms with van der Waals surface area (Å²) in [4.78, 5) is 50.9. The molecule has 0 unspecified atom stereocenters. The molecule has 2 atom stereocenters. The fourth-order valence-electron chi connectivity index (χ4n) is 12.1. The highest BCUT2D eigenvalue weighted by Crippen LogP contribution is 2.42. The maximum Gasteiger partial charge on any atom is 0.280 e. The molecule has 8 aromatic rings. The maximum atomic E-state index is 14.5. The summed E-state index contributed by atoms with van der Waals surface area (Å²) >= 11 is 2.54. The Hall–Kier alpha value is -8.08. The zero-order chi connectivity index (χ0) is 64.7. The molecule has 2 fully saturated rings. The summed E-state index contributed by atoms with van der Waals surface area (Å²) in [7, 11) is -15.3. The molecule has 91 heavy (non-hydrogen) atoms. The van der Waals surface area contributed by atoms with Crippen molar-refractivity contribution in [2.45, 2.75) is 74.2 Å². The number of hydrogen-bond donors (Lipinski definition) is 3. The molecule has 0 radical (unpaired) electrons. The number of nitriles is 1. The number of primary amides is 1. The van der Waals surface area contributed by atoms with Gasteiger partial charge in [0.15, 0.2) is 10.0 Å². The second kappa shape index (κ2) is 25.9. The number of carbonyl (C=O) groups excluding carboxylic acids is 3. The Morgan fingerprint density at radius 1 is 0.593 bits per heavy atom. The number of anilines is 2. The fraction of sp³-hybridized carbons (Fsp3) is 0.323. The number of fused-ring (bicyclic) bond motifs is 2. The van der Waals surface area contributed by atoms with Crippen LogP contribution in [0.2, 0.25) is 0 Å². The van der Waals surface area contributed by atoms with E-state index in [9.17, 15) is 53.3 Å². The molecule has 476 valence electrons. The molecule has 0 bridgehead atoms. The van der Waals surface area contributed by atoms with E-state index in [0.29, 0.717) is 81.6 Å². The Labute approximate surface area is 536 Å². The number of aromatic nitrogens is 4. The van der Waals surface area contributed by atoms with Crippen molar-refractivity contribution in [2.75, 3.05) is 74.7 Å². The minimum atomic E-state index is -4.26. The predicted molar refractivity (Wildman–Crippen MR) is 352 cm³/mol. The molecule has 0 aliphatic carbocycles. The van der Waals surface area contributed by atoms with E-state index < -0.39 is 46.0 Å². The highest BCUT2D eigenvalue weighted by Gasteiger charge is 2.35. The first-order valence-electron chi connectivity index (χ1n) is 29.2. The minimum Gasteiger partial charge on any atom is -0.369 e. The van der Waals surface area contributed by atoms with Gasteiger partial charge in [-0.3, -0.25) is 14.4 Å². The lowest BCUT2D eigenvalue weighted by atomic mass is 10.0. The van der Waals surface area contributed by atoms with Crippen molar-refractivity contribution < 1.29 is 48.1 Å². The van der Waals surface area contributed by atoms with E-state index >= 15 is 0 Å². The highest BCUT2D eigenvalue weighted by molar-refractivity contribution is 7.90. The lowest BCUT2D eigenvalue weighted by Crippen LogP contribution is -2.47. The molecule has 4 aliphatic heterocycles. The van der Waals surface area contributed by atoms with Crippen LogP contribution in [-0.4, -0.2) is 155 Å². The first-order valence-corrected chi connectivity index (χ1v) is 37.6. The van der Waals surface area contributed by atoms with Crippen LogP contribution >= 0.6 is 22.7 Å². The summed E-state index contributed by atoms with van der Waals surface area (Å²) in [5, 5.41) is 21.7. The third-order valence-electron chi connectivity index (χ3n) is 16.7. The number of benzene rings is 4. The Bertz CT molecular complexity index is 4730. The van der Waals surface area contributed by atoms with Gasteiger partial charge in [0.25, 0.3) is 37.8 Å². The highest BCUT2D eigenvalue weighted by atomic mass is 32.2. The number of nitrogens with two attached hydrogens (primary N) is 1. The largest absolute Gasteiger partial charge is 0.369 e. The normalized spacial score (nSPS) is 18.0. The molecule has 4 N–H and O–H groups in total. The van der Waals surface area contributed by atoms with Gasteiger partial charge >= 0.3 is 0 Å². The maximum absolute atomic E-state index is 14.5. The van der Waals surface area contributed by atoms with Crippen LogP contribution in [0.5, 0.6) is 0 Å². The van der Waals surface area contributed by atoms with Gasteiger partial charge in [-0.05, 0) is 124 Å². The summed E-state index contributed by atoms with van der Waals surface area (Å²) < 4.78 is 112. The molecular formula is C62H66N12O11S6. The average Bonchev–Trinajstić information content (AvgIpc) is 1.60. The van der Waals surface area contributed by atoms with Crippen LogP contribution < -0.4 is 26.2 Å². The SMILES string of the molecule is Cc1ccc(S(=O)(=O)n2c(C3=CCN(S(C)(=O)=O)CC3)cc3c(N4CCC[C@@H](NC(=O)c5nccs5)C4)ccc(C#N)c32)cc1.Cc1ccc(S(=O)(=O)n2c(C3=CCN(S(C)(=O)=O)CC3)cc3c(N4CCC[C@@H](NC(=O)c5nccs5)C4)ccc(C(N)=O)c32)cc1. The molecular weight excluding hydrogens is 1280 g/mol. The monoisotopic (exact) mass is 1350 g/mol. The molecule has 4 aromatic carbocycles. The van der Waals surface area contributed by atoms with Crippen molar-refractivity contribution in [2.24, 2.45) is 5.73 Å². The van der Waals surface area contributed by atoms with Crippen molar-refractivity contribution in [3.8, 4) is 6.07 Å². The van der Waals surface area contributed by atoms with Gasteiger partial charge < -0.3 is 26.2 Å². The third-order valence-corrected chi connectivity index (χ3v) is 24.2. The third kappa shape index (κ3) is 13.4. The number of rotatable bonds is 15. The van der Waals surface area contributed by atoms with Gasteiger partial charge in [-0.15, -0.1) is 22.7 Å². The average molecular weight is 1350 g/mol. The summed E-state index contributed by atoms with van der Waals surface area (Å²) in [5.74, 6) is -1.26. The number of nitrogens with one attached hydrogen (secondary N) is 2. The molecule has 23 nitrogen and oxygen atoms in total. The smallest absolute Gasteiger partial charge is 0.280 e. The Morgan fingerprint density at radius 3 is 1.41 bits per heavy atom. The van der Waals surface area contributed by atoms with Crippen molar-refractivity contribution >= 4 is 125 Å². The number of aryl methyl sites for hydroxylation is 2. The van der Waals surface area contributed by atoms with E-state index in [-0.39, 0.29) is 88.4 Å². The quantitative estimate of drug-likeness (QED) is 0.0917. The Kier molecular flexibility index (Phi) is 18.3. The van der Waals surface area contributed by atoms with Crippen LogP contribution in [0.15, 0.2) is 130 Å². The lowest BCUT2D eigenvalue weighted by Gasteiger charge is -2.35. The van der Waals surface area contributed by atoms with Gasteiger partial charge in [-0.25, -0.2) is 51.6 Å². The molecule has 2 saturated heterocycles. The molecule has 29 heteroatoms. The van der Waals surface area contributed by atoms with Gasteiger partial charge in [-0.2, -0.15) is 13.9 Å². The molecule has 0 spiro atoms. The number of carbonyl (C=O) groups is 3. The second-order valence-electron chi connectivity index (χ2n) is 22.9. The fourth-order valence-corrected chi connectivity index (χ4v) is 17.9. The molecule has 3 amide bonds. The molecule has 12 rings (SSSR count). The van der Waals surface area contributed by atoms with Crippen LogP contribution in [0.3, 0.4) is 0 Å². The van der Waals surface area contributed by atoms with Gasteiger partial charge in [0.05, 0.1) is 55.9 Å².